The van der Waals surface area contributed by atoms with Crippen LogP contribution in [0.3, 0.4) is 0 Å². The average molecular weight is 387 g/mol. The minimum atomic E-state index is -0.104. The maximum absolute atomic E-state index is 5.30. The van der Waals surface area contributed by atoms with E-state index in [-0.39, 0.29) is 5.54 Å². The molecule has 0 amide bonds. The zero-order valence-electron chi connectivity index (χ0n) is 17.1. The van der Waals surface area contributed by atoms with Crippen molar-refractivity contribution in [3.05, 3.63) is 60.7 Å². The zero-order valence-corrected chi connectivity index (χ0v) is 17.1. The van der Waals surface area contributed by atoms with Gasteiger partial charge in [-0.2, -0.15) is 10.2 Å². The van der Waals surface area contributed by atoms with Crippen LogP contribution in [0.5, 0.6) is 0 Å². The highest BCUT2D eigenvalue weighted by molar-refractivity contribution is 6.01. The fourth-order valence-electron chi connectivity index (χ4n) is 5.35. The second kappa shape index (κ2) is 8.02. The third-order valence-electron chi connectivity index (χ3n) is 6.81. The molecule has 2 aromatic rings. The molecule has 2 fully saturated rings. The van der Waals surface area contributed by atoms with Crippen LogP contribution in [0.4, 0.5) is 11.4 Å². The van der Waals surface area contributed by atoms with Crippen LogP contribution in [-0.2, 0) is 0 Å². The SMILES string of the molecule is c1ccc(NN=C2CCCC[C@]23C[C@@H]2CCCCC2=NN3c2ccccc2)cc1. The Morgan fingerprint density at radius 3 is 2.48 bits per heavy atom. The van der Waals surface area contributed by atoms with Crippen LogP contribution >= 0.6 is 0 Å². The average Bonchev–Trinajstić information content (AvgIpc) is 2.79. The largest absolute Gasteiger partial charge is 0.278 e. The first-order chi connectivity index (χ1) is 14.4. The summed E-state index contributed by atoms with van der Waals surface area (Å²) in [6, 6.07) is 21.0. The Labute approximate surface area is 173 Å². The third-order valence-corrected chi connectivity index (χ3v) is 6.81. The Morgan fingerprint density at radius 1 is 0.897 bits per heavy atom. The van der Waals surface area contributed by atoms with Gasteiger partial charge in [-0.3, -0.25) is 10.4 Å². The number of nitrogens with one attached hydrogen (secondary N) is 1. The number of para-hydroxylation sites is 2. The third kappa shape index (κ3) is 3.57. The minimum absolute atomic E-state index is 0.104. The number of rotatable bonds is 3. The van der Waals surface area contributed by atoms with Crippen LogP contribution in [0, 0.1) is 5.92 Å². The monoisotopic (exact) mass is 386 g/mol. The highest BCUT2D eigenvalue weighted by Gasteiger charge is 2.49. The first-order valence-corrected chi connectivity index (χ1v) is 11.2. The highest BCUT2D eigenvalue weighted by atomic mass is 15.5. The molecule has 2 atom stereocenters. The molecule has 29 heavy (non-hydrogen) atoms. The summed E-state index contributed by atoms with van der Waals surface area (Å²) in [5.41, 5.74) is 8.15. The second-order valence-electron chi connectivity index (χ2n) is 8.66. The minimum Gasteiger partial charge on any atom is -0.278 e. The number of fused-ring (bicyclic) bond motifs is 1. The van der Waals surface area contributed by atoms with Crippen molar-refractivity contribution >= 4 is 22.8 Å². The normalized spacial score (nSPS) is 28.1. The van der Waals surface area contributed by atoms with Gasteiger partial charge in [0.1, 0.15) is 5.54 Å². The molecule has 2 saturated carbocycles. The van der Waals surface area contributed by atoms with E-state index >= 15 is 0 Å². The molecule has 1 spiro atoms. The van der Waals surface area contributed by atoms with E-state index in [2.05, 4.69) is 65.0 Å². The molecule has 1 heterocycles. The van der Waals surface area contributed by atoms with Crippen LogP contribution in [0.25, 0.3) is 0 Å². The van der Waals surface area contributed by atoms with E-state index in [1.807, 2.05) is 6.07 Å². The van der Waals surface area contributed by atoms with Gasteiger partial charge in [-0.25, -0.2) is 0 Å². The molecule has 0 saturated heterocycles. The van der Waals surface area contributed by atoms with Gasteiger partial charge in [-0.05, 0) is 69.2 Å². The standard InChI is InChI=1S/C25H30N4/c1-3-12-21(13-4-1)26-27-24-17-9-10-18-25(24)19-20-11-7-8-16-23(20)28-29(25)22-14-5-2-6-15-22/h1-6,12-15,20,26H,7-11,16-19H2/t20-,25-/m0/s1. The molecule has 1 N–H and O–H groups in total. The quantitative estimate of drug-likeness (QED) is 0.636. The molecule has 2 aromatic carbocycles. The van der Waals surface area contributed by atoms with Gasteiger partial charge in [-0.15, -0.1) is 0 Å². The predicted molar refractivity (Wildman–Crippen MR) is 122 cm³/mol. The number of hydrogen-bond donors (Lipinski definition) is 1. The van der Waals surface area contributed by atoms with Crippen molar-refractivity contribution in [2.24, 2.45) is 16.1 Å². The van der Waals surface area contributed by atoms with Gasteiger partial charge in [-0.1, -0.05) is 49.2 Å². The van der Waals surface area contributed by atoms with Crippen LogP contribution < -0.4 is 10.4 Å². The van der Waals surface area contributed by atoms with E-state index < -0.39 is 0 Å². The van der Waals surface area contributed by atoms with E-state index in [9.17, 15) is 0 Å². The lowest BCUT2D eigenvalue weighted by Gasteiger charge is -2.51. The molecule has 0 aromatic heterocycles. The van der Waals surface area contributed by atoms with Gasteiger partial charge < -0.3 is 0 Å². The lowest BCUT2D eigenvalue weighted by molar-refractivity contribution is 0.323. The van der Waals surface area contributed by atoms with E-state index in [1.165, 1.54) is 49.2 Å². The Balaban J connectivity index is 1.56. The van der Waals surface area contributed by atoms with Gasteiger partial charge in [0.15, 0.2) is 0 Å². The van der Waals surface area contributed by atoms with Crippen molar-refractivity contribution in [3.8, 4) is 0 Å². The number of hydrogen-bond acceptors (Lipinski definition) is 4. The topological polar surface area (TPSA) is 40.0 Å². The Morgan fingerprint density at radius 2 is 1.66 bits per heavy atom. The maximum Gasteiger partial charge on any atom is 0.104 e. The Kier molecular flexibility index (Phi) is 5.09. The number of benzene rings is 2. The second-order valence-corrected chi connectivity index (χ2v) is 8.66. The molecular weight excluding hydrogens is 356 g/mol. The molecule has 3 aliphatic rings. The van der Waals surface area contributed by atoms with Gasteiger partial charge in [0.2, 0.25) is 0 Å². The van der Waals surface area contributed by atoms with Crippen molar-refractivity contribution in [3.63, 3.8) is 0 Å². The van der Waals surface area contributed by atoms with Crippen molar-refractivity contribution in [1.82, 2.24) is 0 Å². The fourth-order valence-corrected chi connectivity index (χ4v) is 5.35. The molecule has 4 heteroatoms. The molecule has 0 radical (unpaired) electrons. The summed E-state index contributed by atoms with van der Waals surface area (Å²) in [5, 5.41) is 12.6. The van der Waals surface area contributed by atoms with Crippen LogP contribution in [0.15, 0.2) is 70.9 Å². The van der Waals surface area contributed by atoms with Crippen LogP contribution in [0.2, 0.25) is 0 Å². The Bertz CT molecular complexity index is 890. The fraction of sp³-hybridized carbons (Fsp3) is 0.440. The first-order valence-electron chi connectivity index (χ1n) is 11.2. The summed E-state index contributed by atoms with van der Waals surface area (Å²) in [4.78, 5) is 0. The summed E-state index contributed by atoms with van der Waals surface area (Å²) in [6.45, 7) is 0. The van der Waals surface area contributed by atoms with E-state index in [1.54, 1.807) is 0 Å². The van der Waals surface area contributed by atoms with Crippen LogP contribution in [0.1, 0.15) is 57.8 Å². The molecule has 1 aliphatic heterocycles. The zero-order chi connectivity index (χ0) is 19.5. The summed E-state index contributed by atoms with van der Waals surface area (Å²) in [6.07, 6.45) is 10.8. The predicted octanol–water partition coefficient (Wildman–Crippen LogP) is 6.22. The maximum atomic E-state index is 5.30. The van der Waals surface area contributed by atoms with Gasteiger partial charge in [0.25, 0.3) is 0 Å². The van der Waals surface area contributed by atoms with E-state index in [4.69, 9.17) is 10.2 Å². The number of hydrazone groups is 2. The summed E-state index contributed by atoms with van der Waals surface area (Å²) in [7, 11) is 0. The molecule has 5 rings (SSSR count). The lowest BCUT2D eigenvalue weighted by atomic mass is 9.69. The smallest absolute Gasteiger partial charge is 0.104 e. The molecule has 0 bridgehead atoms. The number of anilines is 2. The first kappa shape index (κ1) is 18.4. The van der Waals surface area contributed by atoms with Gasteiger partial charge in [0.05, 0.1) is 17.1 Å². The molecule has 150 valence electrons. The van der Waals surface area contributed by atoms with E-state index in [0.29, 0.717) is 5.92 Å². The van der Waals surface area contributed by atoms with Crippen molar-refractivity contribution < 1.29 is 0 Å². The Hall–Kier alpha value is -2.62. The van der Waals surface area contributed by atoms with Crippen molar-refractivity contribution in [2.45, 2.75) is 63.3 Å². The van der Waals surface area contributed by atoms with Crippen LogP contribution in [-0.4, -0.2) is 17.0 Å². The molecule has 2 aliphatic carbocycles. The molecule has 4 nitrogen and oxygen atoms in total. The van der Waals surface area contributed by atoms with Gasteiger partial charge in [0, 0.05) is 11.6 Å². The summed E-state index contributed by atoms with van der Waals surface area (Å²) < 4.78 is 0. The lowest BCUT2D eigenvalue weighted by Crippen LogP contribution is -2.59. The number of nitrogens with zero attached hydrogens (tertiary/aromatic N) is 3. The summed E-state index contributed by atoms with van der Waals surface area (Å²) >= 11 is 0. The molecular formula is C25H30N4. The van der Waals surface area contributed by atoms with Crippen molar-refractivity contribution in [1.29, 1.82) is 0 Å². The molecule has 0 unspecified atom stereocenters. The highest BCUT2D eigenvalue weighted by Crippen LogP contribution is 2.45. The summed E-state index contributed by atoms with van der Waals surface area (Å²) in [5.74, 6) is 0.615. The van der Waals surface area contributed by atoms with E-state index in [0.717, 1.165) is 31.4 Å². The van der Waals surface area contributed by atoms with Crippen molar-refractivity contribution in [2.75, 3.05) is 10.4 Å². The van der Waals surface area contributed by atoms with Gasteiger partial charge >= 0.3 is 0 Å².